The molecule has 20 heavy (non-hydrogen) atoms. The number of hydrogen-bond donors (Lipinski definition) is 1. The van der Waals surface area contributed by atoms with Gasteiger partial charge in [-0.3, -0.25) is 4.79 Å². The molecule has 0 aromatic rings. The van der Waals surface area contributed by atoms with Gasteiger partial charge in [-0.15, -0.1) is 0 Å². The average molecular weight is 283 g/mol. The van der Waals surface area contributed by atoms with Crippen molar-refractivity contribution in [2.75, 3.05) is 0 Å². The van der Waals surface area contributed by atoms with E-state index in [-0.39, 0.29) is 17.5 Å². The van der Waals surface area contributed by atoms with Crippen LogP contribution in [0.25, 0.3) is 0 Å². The molecule has 2 aliphatic carbocycles. The summed E-state index contributed by atoms with van der Waals surface area (Å²) in [5, 5.41) is 0. The summed E-state index contributed by atoms with van der Waals surface area (Å²) in [5.41, 5.74) is 5.65. The fourth-order valence-corrected chi connectivity index (χ4v) is 3.31. The molecular weight excluding hydrogens is 254 g/mol. The Bertz CT molecular complexity index is 350. The summed E-state index contributed by atoms with van der Waals surface area (Å²) in [6, 6.07) is -0.611. The Hall–Kier alpha value is -0.610. The predicted octanol–water partition coefficient (Wildman–Crippen LogP) is 2.84. The number of esters is 1. The highest BCUT2D eigenvalue weighted by Gasteiger charge is 2.41. The molecule has 0 aliphatic heterocycles. The first-order valence-corrected chi connectivity index (χ1v) is 7.92. The van der Waals surface area contributed by atoms with Crippen LogP contribution < -0.4 is 5.73 Å². The van der Waals surface area contributed by atoms with Gasteiger partial charge in [-0.05, 0) is 42.9 Å². The lowest BCUT2D eigenvalue weighted by molar-refractivity contribution is -0.198. The standard InChI is InChI=1S/C16H29NO3/c1-5-13(20-15(18)14(17)16(2,3)4)19-12-9-10-6-7-11(12)8-10/h10-14H,5-9,17H2,1-4H3. The van der Waals surface area contributed by atoms with Crippen molar-refractivity contribution in [3.05, 3.63) is 0 Å². The number of fused-ring (bicyclic) bond motifs is 2. The lowest BCUT2D eigenvalue weighted by Gasteiger charge is -2.30. The van der Waals surface area contributed by atoms with Crippen molar-refractivity contribution in [3.63, 3.8) is 0 Å². The number of hydrogen-bond acceptors (Lipinski definition) is 4. The molecule has 0 aromatic carbocycles. The van der Waals surface area contributed by atoms with Crippen LogP contribution >= 0.6 is 0 Å². The van der Waals surface area contributed by atoms with E-state index in [1.54, 1.807) is 0 Å². The SMILES string of the molecule is CCC(OC(=O)C(N)C(C)(C)C)OC1CC2CCC1C2. The molecule has 2 fully saturated rings. The Morgan fingerprint density at radius 3 is 2.45 bits per heavy atom. The summed E-state index contributed by atoms with van der Waals surface area (Å²) >= 11 is 0. The molecule has 5 atom stereocenters. The second kappa shape index (κ2) is 6.02. The van der Waals surface area contributed by atoms with Gasteiger partial charge in [-0.2, -0.15) is 0 Å². The highest BCUT2D eigenvalue weighted by atomic mass is 16.7. The van der Waals surface area contributed by atoms with Crippen LogP contribution in [0.1, 0.15) is 59.8 Å². The normalized spacial score (nSPS) is 32.1. The zero-order valence-electron chi connectivity index (χ0n) is 13.2. The van der Waals surface area contributed by atoms with Gasteiger partial charge < -0.3 is 15.2 Å². The number of nitrogens with two attached hydrogens (primary N) is 1. The van der Waals surface area contributed by atoms with E-state index >= 15 is 0 Å². The monoisotopic (exact) mass is 283 g/mol. The van der Waals surface area contributed by atoms with E-state index in [2.05, 4.69) is 0 Å². The van der Waals surface area contributed by atoms with Crippen LogP contribution in [-0.2, 0) is 14.3 Å². The van der Waals surface area contributed by atoms with E-state index in [9.17, 15) is 4.79 Å². The highest BCUT2D eigenvalue weighted by Crippen LogP contribution is 2.46. The van der Waals surface area contributed by atoms with Gasteiger partial charge in [0.25, 0.3) is 0 Å². The summed E-state index contributed by atoms with van der Waals surface area (Å²) in [4.78, 5) is 12.1. The highest BCUT2D eigenvalue weighted by molar-refractivity contribution is 5.76. The minimum absolute atomic E-state index is 0.275. The first-order valence-electron chi connectivity index (χ1n) is 7.92. The number of carbonyl (C=O) groups excluding carboxylic acids is 1. The van der Waals surface area contributed by atoms with Gasteiger partial charge in [0, 0.05) is 6.42 Å². The van der Waals surface area contributed by atoms with Gasteiger partial charge >= 0.3 is 5.97 Å². The van der Waals surface area contributed by atoms with Gasteiger partial charge in [-0.25, -0.2) is 0 Å². The van der Waals surface area contributed by atoms with Crippen LogP contribution in [0.15, 0.2) is 0 Å². The van der Waals surface area contributed by atoms with Crippen molar-refractivity contribution in [2.24, 2.45) is 23.0 Å². The summed E-state index contributed by atoms with van der Waals surface area (Å²) < 4.78 is 11.5. The molecule has 2 rings (SSSR count). The molecule has 116 valence electrons. The van der Waals surface area contributed by atoms with E-state index in [0.29, 0.717) is 12.3 Å². The van der Waals surface area contributed by atoms with E-state index in [1.165, 1.54) is 19.3 Å². The molecule has 2 bridgehead atoms. The molecule has 4 heteroatoms. The van der Waals surface area contributed by atoms with E-state index in [0.717, 1.165) is 12.3 Å². The Morgan fingerprint density at radius 2 is 2.00 bits per heavy atom. The first kappa shape index (κ1) is 15.8. The minimum atomic E-state index is -0.611. The molecular formula is C16H29NO3. The third-order valence-electron chi connectivity index (χ3n) is 4.77. The van der Waals surface area contributed by atoms with Crippen LogP contribution in [0, 0.1) is 17.3 Å². The molecule has 0 heterocycles. The Balaban J connectivity index is 1.85. The molecule has 2 N–H and O–H groups in total. The maximum absolute atomic E-state index is 12.1. The smallest absolute Gasteiger partial charge is 0.325 e. The van der Waals surface area contributed by atoms with E-state index in [4.69, 9.17) is 15.2 Å². The second-order valence-electron chi connectivity index (χ2n) is 7.47. The van der Waals surface area contributed by atoms with Gasteiger partial charge in [0.1, 0.15) is 6.04 Å². The largest absolute Gasteiger partial charge is 0.435 e. The van der Waals surface area contributed by atoms with Gasteiger partial charge in [-0.1, -0.05) is 27.7 Å². The fourth-order valence-electron chi connectivity index (χ4n) is 3.31. The molecule has 0 radical (unpaired) electrons. The zero-order valence-corrected chi connectivity index (χ0v) is 13.2. The summed E-state index contributed by atoms with van der Waals surface area (Å²) in [6.45, 7) is 7.80. The van der Waals surface area contributed by atoms with Crippen molar-refractivity contribution in [3.8, 4) is 0 Å². The van der Waals surface area contributed by atoms with Crippen molar-refractivity contribution in [2.45, 2.75) is 78.2 Å². The Labute approximate surface area is 122 Å². The van der Waals surface area contributed by atoms with Gasteiger partial charge in [0.05, 0.1) is 6.10 Å². The maximum atomic E-state index is 12.1. The Kier molecular flexibility index (Phi) is 4.75. The van der Waals surface area contributed by atoms with E-state index in [1.807, 2.05) is 27.7 Å². The molecule has 5 unspecified atom stereocenters. The second-order valence-corrected chi connectivity index (χ2v) is 7.47. The topological polar surface area (TPSA) is 61.5 Å². The molecule has 2 saturated carbocycles. The third kappa shape index (κ3) is 3.53. The predicted molar refractivity (Wildman–Crippen MR) is 77.9 cm³/mol. The van der Waals surface area contributed by atoms with Crippen LogP contribution in [0.5, 0.6) is 0 Å². The van der Waals surface area contributed by atoms with Crippen LogP contribution in [-0.4, -0.2) is 24.4 Å². The third-order valence-corrected chi connectivity index (χ3v) is 4.77. The molecule has 0 spiro atoms. The van der Waals surface area contributed by atoms with Crippen molar-refractivity contribution in [1.29, 1.82) is 0 Å². The first-order chi connectivity index (χ1) is 9.31. The number of rotatable bonds is 5. The van der Waals surface area contributed by atoms with Crippen LogP contribution in [0.4, 0.5) is 0 Å². The maximum Gasteiger partial charge on any atom is 0.325 e. The zero-order chi connectivity index (χ0) is 14.9. The minimum Gasteiger partial charge on any atom is -0.435 e. The molecule has 0 amide bonds. The number of carbonyl (C=O) groups is 1. The number of ether oxygens (including phenoxy) is 2. The van der Waals surface area contributed by atoms with Crippen molar-refractivity contribution >= 4 is 5.97 Å². The molecule has 0 aromatic heterocycles. The summed E-state index contributed by atoms with van der Waals surface area (Å²) in [6.07, 6.45) is 5.53. The lowest BCUT2D eigenvalue weighted by atomic mass is 9.87. The average Bonchev–Trinajstić information content (AvgIpc) is 2.97. The molecule has 2 aliphatic rings. The molecule has 0 saturated heterocycles. The van der Waals surface area contributed by atoms with Crippen LogP contribution in [0.3, 0.4) is 0 Å². The fraction of sp³-hybridized carbons (Fsp3) is 0.938. The van der Waals surface area contributed by atoms with E-state index < -0.39 is 12.3 Å². The summed E-state index contributed by atoms with van der Waals surface area (Å²) in [5.74, 6) is 1.14. The molecule has 4 nitrogen and oxygen atoms in total. The lowest BCUT2D eigenvalue weighted by Crippen LogP contribution is -2.45. The van der Waals surface area contributed by atoms with Gasteiger partial charge in [0.15, 0.2) is 0 Å². The van der Waals surface area contributed by atoms with Crippen molar-refractivity contribution in [1.82, 2.24) is 0 Å². The van der Waals surface area contributed by atoms with Crippen LogP contribution in [0.2, 0.25) is 0 Å². The van der Waals surface area contributed by atoms with Gasteiger partial charge in [0.2, 0.25) is 6.29 Å². The quantitative estimate of drug-likeness (QED) is 0.622. The summed E-state index contributed by atoms with van der Waals surface area (Å²) in [7, 11) is 0. The Morgan fingerprint density at radius 1 is 1.30 bits per heavy atom. The van der Waals surface area contributed by atoms with Crippen molar-refractivity contribution < 1.29 is 14.3 Å².